The summed E-state index contributed by atoms with van der Waals surface area (Å²) in [6.45, 7) is 7.22. The Morgan fingerprint density at radius 1 is 1.07 bits per heavy atom. The third-order valence-electron chi connectivity index (χ3n) is 5.16. The van der Waals surface area contributed by atoms with Crippen LogP contribution >= 0.6 is 11.6 Å². The molecule has 1 N–H and O–H groups in total. The lowest BCUT2D eigenvalue weighted by atomic mass is 10.1. The Balaban J connectivity index is 1.38. The first-order valence-corrected chi connectivity index (χ1v) is 10.5. The summed E-state index contributed by atoms with van der Waals surface area (Å²) in [5.74, 6) is 0.808. The predicted octanol–water partition coefficient (Wildman–Crippen LogP) is 3.51. The lowest BCUT2D eigenvalue weighted by Crippen LogP contribution is -2.50. The van der Waals surface area contributed by atoms with Crippen molar-refractivity contribution >= 4 is 29.1 Å². The Hall–Kier alpha value is -2.57. The van der Waals surface area contributed by atoms with E-state index in [0.29, 0.717) is 49.9 Å². The molecule has 2 aromatic rings. The van der Waals surface area contributed by atoms with Crippen LogP contribution in [0.25, 0.3) is 0 Å². The summed E-state index contributed by atoms with van der Waals surface area (Å²) in [4.78, 5) is 28.6. The highest BCUT2D eigenvalue weighted by Gasteiger charge is 2.22. The van der Waals surface area contributed by atoms with Crippen molar-refractivity contribution in [2.24, 2.45) is 0 Å². The van der Waals surface area contributed by atoms with Gasteiger partial charge in [-0.25, -0.2) is 0 Å². The lowest BCUT2D eigenvalue weighted by molar-refractivity contribution is -0.133. The highest BCUT2D eigenvalue weighted by atomic mass is 35.5. The van der Waals surface area contributed by atoms with Crippen LogP contribution in [0.2, 0.25) is 5.02 Å². The third kappa shape index (κ3) is 6.21. The SMILES string of the molecule is Cc1ccc(C)c(OCCC(=O)N2CCN(CC(=O)Nc3ccccc3Cl)CC2)c1. The van der Waals surface area contributed by atoms with Crippen LogP contribution < -0.4 is 10.1 Å². The van der Waals surface area contributed by atoms with Crippen LogP contribution in [0.4, 0.5) is 5.69 Å². The number of para-hydroxylation sites is 1. The number of rotatable bonds is 7. The van der Waals surface area contributed by atoms with Crippen LogP contribution in [0.15, 0.2) is 42.5 Å². The van der Waals surface area contributed by atoms with Gasteiger partial charge in [0.2, 0.25) is 11.8 Å². The van der Waals surface area contributed by atoms with Crippen molar-refractivity contribution in [2.75, 3.05) is 44.6 Å². The van der Waals surface area contributed by atoms with E-state index in [1.807, 2.05) is 54.0 Å². The lowest BCUT2D eigenvalue weighted by Gasteiger charge is -2.34. The number of hydrogen-bond acceptors (Lipinski definition) is 4. The predicted molar refractivity (Wildman–Crippen MR) is 119 cm³/mol. The van der Waals surface area contributed by atoms with Gasteiger partial charge in [0.25, 0.3) is 0 Å². The minimum Gasteiger partial charge on any atom is -0.493 e. The second kappa shape index (κ2) is 10.5. The van der Waals surface area contributed by atoms with Crippen molar-refractivity contribution in [3.05, 3.63) is 58.6 Å². The van der Waals surface area contributed by atoms with Gasteiger partial charge in [-0.05, 0) is 43.2 Å². The van der Waals surface area contributed by atoms with Crippen molar-refractivity contribution < 1.29 is 14.3 Å². The van der Waals surface area contributed by atoms with Crippen LogP contribution in [-0.4, -0.2) is 60.9 Å². The average Bonchev–Trinajstić information content (AvgIpc) is 2.72. The fourth-order valence-electron chi connectivity index (χ4n) is 3.38. The minimum atomic E-state index is -0.107. The second-order valence-corrected chi connectivity index (χ2v) is 7.96. The summed E-state index contributed by atoms with van der Waals surface area (Å²) in [5, 5.41) is 3.35. The molecule has 30 heavy (non-hydrogen) atoms. The molecular weight excluding hydrogens is 402 g/mol. The molecule has 1 heterocycles. The first-order valence-electron chi connectivity index (χ1n) is 10.2. The monoisotopic (exact) mass is 429 g/mol. The van der Waals surface area contributed by atoms with E-state index in [0.717, 1.165) is 16.9 Å². The molecule has 2 aromatic carbocycles. The maximum absolute atomic E-state index is 12.5. The van der Waals surface area contributed by atoms with Crippen molar-refractivity contribution in [1.82, 2.24) is 9.80 Å². The Kier molecular flexibility index (Phi) is 7.71. The van der Waals surface area contributed by atoms with Gasteiger partial charge in [0.15, 0.2) is 0 Å². The van der Waals surface area contributed by atoms with E-state index in [2.05, 4.69) is 5.32 Å². The van der Waals surface area contributed by atoms with Crippen molar-refractivity contribution in [3.8, 4) is 5.75 Å². The number of piperazine rings is 1. The van der Waals surface area contributed by atoms with Gasteiger partial charge in [-0.15, -0.1) is 0 Å². The smallest absolute Gasteiger partial charge is 0.238 e. The normalized spacial score (nSPS) is 14.4. The van der Waals surface area contributed by atoms with Gasteiger partial charge in [0.1, 0.15) is 5.75 Å². The summed E-state index contributed by atoms with van der Waals surface area (Å²) in [6, 6.07) is 13.2. The molecule has 0 spiro atoms. The number of hydrogen-bond donors (Lipinski definition) is 1. The number of amides is 2. The summed E-state index contributed by atoms with van der Waals surface area (Å²) in [7, 11) is 0. The first-order chi connectivity index (χ1) is 14.4. The first kappa shape index (κ1) is 22.1. The number of anilines is 1. The Bertz CT molecular complexity index is 895. The number of halogens is 1. The molecule has 1 saturated heterocycles. The highest BCUT2D eigenvalue weighted by Crippen LogP contribution is 2.21. The van der Waals surface area contributed by atoms with Gasteiger partial charge in [0, 0.05) is 26.2 Å². The zero-order valence-electron chi connectivity index (χ0n) is 17.5. The van der Waals surface area contributed by atoms with Crippen LogP contribution in [0.1, 0.15) is 17.5 Å². The molecule has 2 amide bonds. The van der Waals surface area contributed by atoms with Crippen LogP contribution in [0, 0.1) is 13.8 Å². The van der Waals surface area contributed by atoms with E-state index < -0.39 is 0 Å². The van der Waals surface area contributed by atoms with Crippen LogP contribution in [0.3, 0.4) is 0 Å². The zero-order valence-corrected chi connectivity index (χ0v) is 18.2. The van der Waals surface area contributed by atoms with Crippen molar-refractivity contribution in [1.29, 1.82) is 0 Å². The van der Waals surface area contributed by atoms with Gasteiger partial charge in [-0.3, -0.25) is 14.5 Å². The average molecular weight is 430 g/mol. The Morgan fingerprint density at radius 2 is 1.80 bits per heavy atom. The van der Waals surface area contributed by atoms with Crippen LogP contribution in [0.5, 0.6) is 5.75 Å². The quantitative estimate of drug-likeness (QED) is 0.731. The molecule has 0 radical (unpaired) electrons. The number of benzene rings is 2. The number of aryl methyl sites for hydroxylation is 2. The fraction of sp³-hybridized carbons (Fsp3) is 0.391. The number of carbonyl (C=O) groups is 2. The molecule has 0 aliphatic carbocycles. The van der Waals surface area contributed by atoms with E-state index >= 15 is 0 Å². The van der Waals surface area contributed by atoms with E-state index in [1.54, 1.807) is 12.1 Å². The molecule has 0 unspecified atom stereocenters. The molecule has 3 rings (SSSR count). The van der Waals surface area contributed by atoms with Gasteiger partial charge in [0.05, 0.1) is 30.3 Å². The number of nitrogens with zero attached hydrogens (tertiary/aromatic N) is 2. The number of carbonyl (C=O) groups excluding carboxylic acids is 2. The van der Waals surface area contributed by atoms with E-state index in [9.17, 15) is 9.59 Å². The summed E-state index contributed by atoms with van der Waals surface area (Å²) >= 11 is 6.08. The topological polar surface area (TPSA) is 61.9 Å². The van der Waals surface area contributed by atoms with E-state index in [1.165, 1.54) is 0 Å². The Morgan fingerprint density at radius 3 is 2.53 bits per heavy atom. The molecule has 1 fully saturated rings. The van der Waals surface area contributed by atoms with Gasteiger partial charge >= 0.3 is 0 Å². The molecule has 7 heteroatoms. The molecule has 0 saturated carbocycles. The van der Waals surface area contributed by atoms with Gasteiger partial charge in [-0.1, -0.05) is 35.9 Å². The summed E-state index contributed by atoms with van der Waals surface area (Å²) in [6.07, 6.45) is 0.348. The summed E-state index contributed by atoms with van der Waals surface area (Å²) in [5.41, 5.74) is 2.81. The Labute approximate surface area is 182 Å². The van der Waals surface area contributed by atoms with E-state index in [-0.39, 0.29) is 18.4 Å². The maximum atomic E-state index is 12.5. The molecule has 0 aromatic heterocycles. The highest BCUT2D eigenvalue weighted by molar-refractivity contribution is 6.33. The van der Waals surface area contributed by atoms with Crippen LogP contribution in [-0.2, 0) is 9.59 Å². The van der Waals surface area contributed by atoms with Gasteiger partial charge < -0.3 is 15.0 Å². The largest absolute Gasteiger partial charge is 0.493 e. The molecule has 1 aliphatic rings. The minimum absolute atomic E-state index is 0.0838. The molecule has 0 atom stereocenters. The van der Waals surface area contributed by atoms with E-state index in [4.69, 9.17) is 16.3 Å². The number of nitrogens with one attached hydrogen (secondary N) is 1. The third-order valence-corrected chi connectivity index (χ3v) is 5.49. The maximum Gasteiger partial charge on any atom is 0.238 e. The van der Waals surface area contributed by atoms with Crippen molar-refractivity contribution in [2.45, 2.75) is 20.3 Å². The standard InChI is InChI=1S/C23H28ClN3O3/c1-17-7-8-18(2)21(15-17)30-14-9-23(29)27-12-10-26(11-13-27)16-22(28)25-20-6-4-3-5-19(20)24/h3-8,15H,9-14,16H2,1-2H3,(H,25,28). The van der Waals surface area contributed by atoms with Crippen molar-refractivity contribution in [3.63, 3.8) is 0 Å². The molecule has 6 nitrogen and oxygen atoms in total. The fourth-order valence-corrected chi connectivity index (χ4v) is 3.56. The molecule has 0 bridgehead atoms. The molecule has 160 valence electrons. The molecular formula is C23H28ClN3O3. The summed E-state index contributed by atoms with van der Waals surface area (Å²) < 4.78 is 5.80. The van der Waals surface area contributed by atoms with Gasteiger partial charge in [-0.2, -0.15) is 0 Å². The molecule has 1 aliphatic heterocycles. The second-order valence-electron chi connectivity index (χ2n) is 7.55. The zero-order chi connectivity index (χ0) is 21.5. The number of ether oxygens (including phenoxy) is 1.